The van der Waals surface area contributed by atoms with Crippen molar-refractivity contribution in [3.05, 3.63) is 45.5 Å². The van der Waals surface area contributed by atoms with Gasteiger partial charge in [-0.1, -0.05) is 23.8 Å². The number of hydrogen-bond donors (Lipinski definition) is 0. The molecule has 1 aromatic rings. The van der Waals surface area contributed by atoms with E-state index in [1.807, 2.05) is 0 Å². The minimum absolute atomic E-state index is 0.0260. The second kappa shape index (κ2) is 4.25. The van der Waals surface area contributed by atoms with Crippen molar-refractivity contribution in [2.24, 2.45) is 29.1 Å². The molecule has 2 amide bonds. The van der Waals surface area contributed by atoms with Gasteiger partial charge in [-0.2, -0.15) is 0 Å². The molecule has 24 heavy (non-hydrogen) atoms. The molecule has 4 atom stereocenters. The summed E-state index contributed by atoms with van der Waals surface area (Å²) in [5.41, 5.74) is -0.178. The average molecular weight is 345 g/mol. The lowest BCUT2D eigenvalue weighted by molar-refractivity contribution is -0.384. The average Bonchev–Trinajstić information content (AvgIpc) is 3.14. The molecule has 1 saturated heterocycles. The zero-order chi connectivity index (χ0) is 16.8. The van der Waals surface area contributed by atoms with Crippen LogP contribution in [-0.4, -0.2) is 16.7 Å². The normalized spacial score (nSPS) is 34.3. The summed E-state index contributed by atoms with van der Waals surface area (Å²) in [6, 6.07) is 4.04. The zero-order valence-corrected chi connectivity index (χ0v) is 13.3. The van der Waals surface area contributed by atoms with E-state index in [0.29, 0.717) is 0 Å². The largest absolute Gasteiger partial charge is 0.294 e. The second-order valence-electron chi connectivity index (χ2n) is 7.12. The molecule has 5 rings (SSSR count). The highest BCUT2D eigenvalue weighted by atomic mass is 35.5. The fraction of sp³-hybridized carbons (Fsp3) is 0.412. The number of anilines is 1. The lowest BCUT2D eigenvalue weighted by Crippen LogP contribution is -2.35. The summed E-state index contributed by atoms with van der Waals surface area (Å²) in [7, 11) is 0. The number of amides is 2. The van der Waals surface area contributed by atoms with Crippen LogP contribution in [0.25, 0.3) is 0 Å². The molecule has 1 aliphatic heterocycles. The third-order valence-electron chi connectivity index (χ3n) is 6.23. The molecule has 2 saturated carbocycles. The molecule has 3 fully saturated rings. The lowest BCUT2D eigenvalue weighted by atomic mass is 9.85. The number of halogens is 1. The molecule has 4 aliphatic rings. The van der Waals surface area contributed by atoms with Gasteiger partial charge in [-0.25, -0.2) is 4.90 Å². The zero-order valence-electron chi connectivity index (χ0n) is 12.5. The summed E-state index contributed by atoms with van der Waals surface area (Å²) in [4.78, 5) is 37.7. The third kappa shape index (κ3) is 1.48. The van der Waals surface area contributed by atoms with E-state index < -0.39 is 4.92 Å². The van der Waals surface area contributed by atoms with Crippen LogP contribution in [-0.2, 0) is 9.59 Å². The minimum Gasteiger partial charge on any atom is -0.274 e. The monoisotopic (exact) mass is 344 g/mol. The highest BCUT2D eigenvalue weighted by molar-refractivity contribution is 6.31. The number of benzene rings is 1. The molecule has 6 nitrogen and oxygen atoms in total. The van der Waals surface area contributed by atoms with Crippen molar-refractivity contribution >= 4 is 34.8 Å². The van der Waals surface area contributed by atoms with Crippen LogP contribution in [0, 0.1) is 39.2 Å². The van der Waals surface area contributed by atoms with Crippen LogP contribution >= 0.6 is 11.6 Å². The maximum absolute atomic E-state index is 13.0. The first-order chi connectivity index (χ1) is 11.5. The standard InChI is InChI=1S/C17H13ClN2O4/c18-8-1-4-11(12(7-8)20(23)24)19-15(21)13-9-2-3-10(14(13)16(19)22)17(9)5-6-17/h1-4,7,9-10,13-14H,5-6H2/t9-,10-,13-,14+/m1/s1. The number of nitrogens with zero attached hydrogens (tertiary/aromatic N) is 2. The topological polar surface area (TPSA) is 80.5 Å². The molecule has 2 bridgehead atoms. The number of fused-ring (bicyclic) bond motifs is 3. The molecule has 3 aliphatic carbocycles. The van der Waals surface area contributed by atoms with Gasteiger partial charge >= 0.3 is 0 Å². The maximum atomic E-state index is 13.0. The van der Waals surface area contributed by atoms with Crippen LogP contribution in [0.15, 0.2) is 30.4 Å². The predicted molar refractivity (Wildman–Crippen MR) is 85.4 cm³/mol. The number of rotatable bonds is 2. The Morgan fingerprint density at radius 2 is 1.71 bits per heavy atom. The van der Waals surface area contributed by atoms with Crippen LogP contribution in [0.3, 0.4) is 0 Å². The molecule has 1 spiro atoms. The Morgan fingerprint density at radius 1 is 1.12 bits per heavy atom. The first kappa shape index (κ1) is 14.2. The molecule has 0 aromatic heterocycles. The second-order valence-corrected chi connectivity index (χ2v) is 7.56. The van der Waals surface area contributed by atoms with Crippen molar-refractivity contribution in [1.29, 1.82) is 0 Å². The van der Waals surface area contributed by atoms with E-state index in [1.54, 1.807) is 0 Å². The SMILES string of the molecule is O=C1[C@@H]2[C@H](C(=O)N1c1ccc(Cl)cc1[N+](=O)[O-])[C@H]1C=C[C@H]2C12CC2. The van der Waals surface area contributed by atoms with E-state index in [0.717, 1.165) is 17.7 Å². The molecule has 0 N–H and O–H groups in total. The summed E-state index contributed by atoms with van der Waals surface area (Å²) in [6.45, 7) is 0. The minimum atomic E-state index is -0.606. The maximum Gasteiger partial charge on any atom is 0.294 e. The first-order valence-electron chi connectivity index (χ1n) is 7.96. The molecule has 0 radical (unpaired) electrons. The van der Waals surface area contributed by atoms with Crippen molar-refractivity contribution in [2.75, 3.05) is 4.90 Å². The Bertz CT molecular complexity index is 826. The molecule has 7 heteroatoms. The number of carbonyl (C=O) groups excluding carboxylic acids is 2. The van der Waals surface area contributed by atoms with Crippen LogP contribution in [0.1, 0.15) is 12.8 Å². The summed E-state index contributed by atoms with van der Waals surface area (Å²) in [5.74, 6) is -1.16. The summed E-state index contributed by atoms with van der Waals surface area (Å²) in [5, 5.41) is 11.5. The smallest absolute Gasteiger partial charge is 0.274 e. The van der Waals surface area contributed by atoms with Crippen molar-refractivity contribution in [1.82, 2.24) is 0 Å². The van der Waals surface area contributed by atoms with Gasteiger partial charge in [0.2, 0.25) is 11.8 Å². The van der Waals surface area contributed by atoms with Gasteiger partial charge in [0.25, 0.3) is 5.69 Å². The van der Waals surface area contributed by atoms with Crippen LogP contribution in [0.2, 0.25) is 5.02 Å². The fourth-order valence-corrected chi connectivity index (χ4v) is 5.31. The lowest BCUT2D eigenvalue weighted by Gasteiger charge is -2.21. The highest BCUT2D eigenvalue weighted by Gasteiger charge is 2.73. The van der Waals surface area contributed by atoms with Crippen molar-refractivity contribution in [2.45, 2.75) is 12.8 Å². The summed E-state index contributed by atoms with van der Waals surface area (Å²) in [6.07, 6.45) is 6.27. The number of hydrogen-bond acceptors (Lipinski definition) is 4. The van der Waals surface area contributed by atoms with Crippen LogP contribution < -0.4 is 4.90 Å². The van der Waals surface area contributed by atoms with Gasteiger partial charge in [-0.15, -0.1) is 0 Å². The first-order valence-corrected chi connectivity index (χ1v) is 8.33. The number of imide groups is 1. The molecule has 1 heterocycles. The van der Waals surface area contributed by atoms with E-state index in [1.165, 1.54) is 18.2 Å². The fourth-order valence-electron chi connectivity index (χ4n) is 5.15. The van der Waals surface area contributed by atoms with Gasteiger partial charge in [0, 0.05) is 11.1 Å². The highest BCUT2D eigenvalue weighted by Crippen LogP contribution is 2.73. The van der Waals surface area contributed by atoms with Gasteiger partial charge in [0.05, 0.1) is 16.8 Å². The number of carbonyl (C=O) groups is 2. The Morgan fingerprint density at radius 3 is 2.21 bits per heavy atom. The van der Waals surface area contributed by atoms with E-state index in [-0.39, 0.29) is 57.3 Å². The number of allylic oxidation sites excluding steroid dienone is 2. The number of nitro groups is 1. The van der Waals surface area contributed by atoms with Crippen molar-refractivity contribution in [3.63, 3.8) is 0 Å². The molecule has 0 unspecified atom stereocenters. The molecular weight excluding hydrogens is 332 g/mol. The predicted octanol–water partition coefficient (Wildman–Crippen LogP) is 2.95. The van der Waals surface area contributed by atoms with Gasteiger partial charge in [0.15, 0.2) is 0 Å². The van der Waals surface area contributed by atoms with Crippen molar-refractivity contribution in [3.8, 4) is 0 Å². The van der Waals surface area contributed by atoms with E-state index >= 15 is 0 Å². The molecular formula is C17H13ClN2O4. The van der Waals surface area contributed by atoms with Gasteiger partial charge < -0.3 is 0 Å². The quantitative estimate of drug-likeness (QED) is 0.357. The Balaban J connectivity index is 1.60. The molecule has 122 valence electrons. The summed E-state index contributed by atoms with van der Waals surface area (Å²) >= 11 is 5.84. The Kier molecular flexibility index (Phi) is 2.51. The molecule has 1 aromatic carbocycles. The van der Waals surface area contributed by atoms with Gasteiger partial charge in [-0.3, -0.25) is 19.7 Å². The van der Waals surface area contributed by atoms with Crippen LogP contribution in [0.4, 0.5) is 11.4 Å². The summed E-state index contributed by atoms with van der Waals surface area (Å²) < 4.78 is 0. The van der Waals surface area contributed by atoms with E-state index in [4.69, 9.17) is 11.6 Å². The van der Waals surface area contributed by atoms with Crippen LogP contribution in [0.5, 0.6) is 0 Å². The van der Waals surface area contributed by atoms with E-state index in [9.17, 15) is 19.7 Å². The number of nitro benzene ring substituents is 1. The Hall–Kier alpha value is -2.21. The Labute approximate surface area is 142 Å². The third-order valence-corrected chi connectivity index (χ3v) is 6.46. The van der Waals surface area contributed by atoms with Crippen molar-refractivity contribution < 1.29 is 14.5 Å². The van der Waals surface area contributed by atoms with E-state index in [2.05, 4.69) is 12.2 Å². The van der Waals surface area contributed by atoms with Gasteiger partial charge in [0.1, 0.15) is 5.69 Å². The van der Waals surface area contributed by atoms with Gasteiger partial charge in [-0.05, 0) is 42.2 Å².